The molecule has 0 saturated carbocycles. The molecule has 1 radical (unpaired) electrons. The third-order valence-corrected chi connectivity index (χ3v) is 3.90. The van der Waals surface area contributed by atoms with Crippen molar-refractivity contribution >= 4 is 10.0 Å². The molecule has 0 aromatic carbocycles. The van der Waals surface area contributed by atoms with Crippen molar-refractivity contribution in [1.29, 1.82) is 0 Å². The Labute approximate surface area is 78.2 Å². The third kappa shape index (κ3) is 3.21. The minimum Gasteiger partial charge on any atom is -0.251 e. The zero-order valence-corrected chi connectivity index (χ0v) is 8.26. The number of hydrogen-bond acceptors (Lipinski definition) is 2. The Bertz CT molecular complexity index is 237. The van der Waals surface area contributed by atoms with Crippen LogP contribution in [-0.4, -0.2) is 51.3 Å². The van der Waals surface area contributed by atoms with Crippen molar-refractivity contribution in [1.82, 2.24) is 9.62 Å². The number of nitrogens with zero attached hydrogens (tertiary/aromatic N) is 2. The van der Waals surface area contributed by atoms with E-state index in [-0.39, 0.29) is 12.2 Å². The smallest absolute Gasteiger partial charge is 0.214 e. The molecule has 13 heavy (non-hydrogen) atoms. The molecule has 0 bridgehead atoms. The molecule has 1 fully saturated rings. The molecular weight excluding hydrogens is 195 g/mol. The zero-order valence-electron chi connectivity index (χ0n) is 7.45. The summed E-state index contributed by atoms with van der Waals surface area (Å²) in [6.07, 6.45) is 0.0932. The minimum absolute atomic E-state index is 0.0799. The largest absolute Gasteiger partial charge is 0.251 e. The second-order valence-electron chi connectivity index (χ2n) is 2.93. The topological polar surface area (TPSA) is 51.5 Å². The summed E-state index contributed by atoms with van der Waals surface area (Å²) in [5.74, 6) is -0.0799. The molecule has 0 N–H and O–H groups in total. The Morgan fingerprint density at radius 1 is 1.31 bits per heavy atom. The van der Waals surface area contributed by atoms with Gasteiger partial charge in [-0.1, -0.05) is 0 Å². The van der Waals surface area contributed by atoms with Gasteiger partial charge in [0.05, 0.1) is 12.4 Å². The lowest BCUT2D eigenvalue weighted by atomic mass is 10.4. The predicted octanol–water partition coefficient (Wildman–Crippen LogP) is -0.404. The van der Waals surface area contributed by atoms with E-state index >= 15 is 0 Å². The summed E-state index contributed by atoms with van der Waals surface area (Å²) in [6.45, 7) is 1.46. The van der Waals surface area contributed by atoms with Gasteiger partial charge >= 0.3 is 0 Å². The van der Waals surface area contributed by atoms with Crippen molar-refractivity contribution in [2.24, 2.45) is 0 Å². The lowest BCUT2D eigenvalue weighted by molar-refractivity contribution is 0.354. The number of hydrogen-bond donors (Lipinski definition) is 0. The highest BCUT2D eigenvalue weighted by molar-refractivity contribution is 7.89. The van der Waals surface area contributed by atoms with E-state index in [1.54, 1.807) is 0 Å². The van der Waals surface area contributed by atoms with Gasteiger partial charge < -0.3 is 0 Å². The molecule has 1 heterocycles. The van der Waals surface area contributed by atoms with Crippen LogP contribution in [0.2, 0.25) is 0 Å². The van der Waals surface area contributed by atoms with Crippen molar-refractivity contribution in [3.63, 3.8) is 0 Å². The maximum Gasteiger partial charge on any atom is 0.214 e. The van der Waals surface area contributed by atoms with Crippen molar-refractivity contribution in [2.75, 3.05) is 38.6 Å². The van der Waals surface area contributed by atoms with E-state index in [2.05, 4.69) is 5.32 Å². The van der Waals surface area contributed by atoms with E-state index in [4.69, 9.17) is 0 Å². The van der Waals surface area contributed by atoms with Gasteiger partial charge in [0.15, 0.2) is 0 Å². The van der Waals surface area contributed by atoms with Crippen LogP contribution in [0.25, 0.3) is 0 Å². The standard InChI is InChI=1S/C7H14FN2O2S/c8-2-1-7-13(11,12)10-5-3-9-4-6-10/h1-7H2. The van der Waals surface area contributed by atoms with E-state index in [1.807, 2.05) is 0 Å². The molecule has 6 heteroatoms. The lowest BCUT2D eigenvalue weighted by Crippen LogP contribution is -2.44. The van der Waals surface area contributed by atoms with Crippen LogP contribution in [0, 0.1) is 0 Å². The lowest BCUT2D eigenvalue weighted by Gasteiger charge is -2.25. The third-order valence-electron chi connectivity index (χ3n) is 1.94. The van der Waals surface area contributed by atoms with Crippen LogP contribution in [0.3, 0.4) is 0 Å². The highest BCUT2D eigenvalue weighted by Gasteiger charge is 2.23. The average Bonchev–Trinajstić information content (AvgIpc) is 2.16. The number of sulfonamides is 1. The van der Waals surface area contributed by atoms with E-state index < -0.39 is 16.7 Å². The molecule has 0 amide bonds. The fraction of sp³-hybridized carbons (Fsp3) is 1.00. The van der Waals surface area contributed by atoms with E-state index in [9.17, 15) is 12.8 Å². The Hall–Kier alpha value is -0.200. The molecule has 4 nitrogen and oxygen atoms in total. The van der Waals surface area contributed by atoms with Gasteiger partial charge in [-0.05, 0) is 6.42 Å². The summed E-state index contributed by atoms with van der Waals surface area (Å²) < 4.78 is 36.1. The maximum atomic E-state index is 11.8. The van der Waals surface area contributed by atoms with E-state index in [0.29, 0.717) is 26.2 Å². The van der Waals surface area contributed by atoms with Crippen molar-refractivity contribution in [2.45, 2.75) is 6.42 Å². The second kappa shape index (κ2) is 4.88. The van der Waals surface area contributed by atoms with Crippen LogP contribution >= 0.6 is 0 Å². The Morgan fingerprint density at radius 3 is 2.46 bits per heavy atom. The van der Waals surface area contributed by atoms with Gasteiger partial charge in [0.1, 0.15) is 0 Å². The normalized spacial score (nSPS) is 20.4. The van der Waals surface area contributed by atoms with Gasteiger partial charge in [-0.25, -0.2) is 13.7 Å². The summed E-state index contributed by atoms with van der Waals surface area (Å²) in [6, 6.07) is 0. The first-order valence-corrected chi connectivity index (χ1v) is 5.95. The molecule has 1 aliphatic heterocycles. The van der Waals surface area contributed by atoms with Crippen molar-refractivity contribution in [3.05, 3.63) is 0 Å². The Kier molecular flexibility index (Phi) is 4.08. The first-order valence-electron chi connectivity index (χ1n) is 4.34. The molecule has 0 atom stereocenters. The average molecular weight is 209 g/mol. The van der Waals surface area contributed by atoms with Crippen LogP contribution in [0.1, 0.15) is 6.42 Å². The number of alkyl halides is 1. The molecule has 0 spiro atoms. The molecule has 77 valence electrons. The summed E-state index contributed by atoms with van der Waals surface area (Å²) in [5.41, 5.74) is 0. The highest BCUT2D eigenvalue weighted by Crippen LogP contribution is 2.05. The summed E-state index contributed by atoms with van der Waals surface area (Å²) >= 11 is 0. The van der Waals surface area contributed by atoms with Gasteiger partial charge in [-0.2, -0.15) is 4.31 Å². The molecule has 0 aromatic heterocycles. The first kappa shape index (κ1) is 10.9. The maximum absolute atomic E-state index is 11.8. The fourth-order valence-electron chi connectivity index (χ4n) is 1.23. The molecule has 1 aliphatic rings. The quantitative estimate of drug-likeness (QED) is 0.632. The SMILES string of the molecule is O=S(=O)(CCCF)N1CC[N]CC1. The van der Waals surface area contributed by atoms with E-state index in [0.717, 1.165) is 0 Å². The minimum atomic E-state index is -3.21. The molecule has 1 rings (SSSR count). The van der Waals surface area contributed by atoms with Gasteiger partial charge in [0.25, 0.3) is 0 Å². The van der Waals surface area contributed by atoms with Gasteiger partial charge in [-0.15, -0.1) is 0 Å². The van der Waals surface area contributed by atoms with Crippen LogP contribution in [0.5, 0.6) is 0 Å². The fourth-order valence-corrected chi connectivity index (χ4v) is 2.68. The highest BCUT2D eigenvalue weighted by atomic mass is 32.2. The van der Waals surface area contributed by atoms with Crippen LogP contribution in [0.15, 0.2) is 0 Å². The number of rotatable bonds is 4. The Balaban J connectivity index is 2.47. The number of halogens is 1. The Morgan fingerprint density at radius 2 is 1.92 bits per heavy atom. The van der Waals surface area contributed by atoms with Crippen molar-refractivity contribution < 1.29 is 12.8 Å². The molecule has 0 aromatic rings. The van der Waals surface area contributed by atoms with Crippen LogP contribution in [-0.2, 0) is 10.0 Å². The second-order valence-corrected chi connectivity index (χ2v) is 5.02. The summed E-state index contributed by atoms with van der Waals surface area (Å²) in [4.78, 5) is 0. The van der Waals surface area contributed by atoms with E-state index in [1.165, 1.54) is 4.31 Å². The first-order chi connectivity index (χ1) is 6.17. The van der Waals surface area contributed by atoms with Crippen LogP contribution in [0.4, 0.5) is 4.39 Å². The van der Waals surface area contributed by atoms with Gasteiger partial charge in [-0.3, -0.25) is 4.39 Å². The molecule has 1 saturated heterocycles. The zero-order chi connectivity index (χ0) is 9.73. The van der Waals surface area contributed by atoms with Gasteiger partial charge in [0.2, 0.25) is 10.0 Å². The van der Waals surface area contributed by atoms with Crippen molar-refractivity contribution in [3.8, 4) is 0 Å². The molecular formula is C7H14FN2O2S. The van der Waals surface area contributed by atoms with Gasteiger partial charge in [0, 0.05) is 26.2 Å². The van der Waals surface area contributed by atoms with Crippen LogP contribution < -0.4 is 5.32 Å². The molecule has 0 aliphatic carbocycles. The summed E-state index contributed by atoms with van der Waals surface area (Å²) in [7, 11) is -3.21. The molecule has 0 unspecified atom stereocenters. The monoisotopic (exact) mass is 209 g/mol. The summed E-state index contributed by atoms with van der Waals surface area (Å²) in [5, 5.41) is 4.04. The number of piperazine rings is 1. The predicted molar refractivity (Wildman–Crippen MR) is 47.8 cm³/mol.